The fraction of sp³-hybridized carbons (Fsp3) is 0.615. The summed E-state index contributed by atoms with van der Waals surface area (Å²) < 4.78 is 15.1. The summed E-state index contributed by atoms with van der Waals surface area (Å²) in [7, 11) is 0. The van der Waals surface area contributed by atoms with Crippen LogP contribution in [0.15, 0.2) is 59.5 Å². The lowest BCUT2D eigenvalue weighted by atomic mass is 9.32. The van der Waals surface area contributed by atoms with Gasteiger partial charge in [0.1, 0.15) is 5.82 Å². The van der Waals surface area contributed by atoms with Gasteiger partial charge in [-0.2, -0.15) is 0 Å². The van der Waals surface area contributed by atoms with Gasteiger partial charge < -0.3 is 20.4 Å². The molecular weight excluding hydrogens is 649 g/mol. The van der Waals surface area contributed by atoms with Crippen LogP contribution < -0.4 is 0 Å². The average molecular weight is 698 g/mol. The lowest BCUT2D eigenvalue weighted by molar-refractivity contribution is -0.179. The van der Waals surface area contributed by atoms with Crippen molar-refractivity contribution in [2.24, 2.45) is 33.5 Å². The van der Waals surface area contributed by atoms with Gasteiger partial charge in [-0.3, -0.25) is 9.69 Å². The molecule has 48 heavy (non-hydrogen) atoms. The Labute approximate surface area is 292 Å². The summed E-state index contributed by atoms with van der Waals surface area (Å²) in [6.45, 7) is 5.46. The van der Waals surface area contributed by atoms with E-state index in [1.54, 1.807) is 23.5 Å². The molecule has 4 N–H and O–H groups in total. The van der Waals surface area contributed by atoms with Crippen LogP contribution in [0.5, 0.6) is 0 Å². The first kappa shape index (κ1) is 34.5. The second-order valence-electron chi connectivity index (χ2n) is 16.0. The van der Waals surface area contributed by atoms with Crippen molar-refractivity contribution in [3.63, 3.8) is 0 Å². The molecule has 9 atom stereocenters. The minimum atomic E-state index is -1.09. The third kappa shape index (κ3) is 5.15. The largest absolute Gasteiger partial charge is 0.394 e. The number of Topliss-reactive ketones (excluding diaryl/α,β-unsaturated/α-hetero) is 1. The van der Waals surface area contributed by atoms with Crippen molar-refractivity contribution in [1.29, 1.82) is 0 Å². The first-order chi connectivity index (χ1) is 22.8. The first-order valence-electron chi connectivity index (χ1n) is 17.6. The molecule has 8 rings (SSSR count). The zero-order chi connectivity index (χ0) is 34.1. The highest BCUT2D eigenvalue weighted by molar-refractivity contribution is 7.09. The van der Waals surface area contributed by atoms with Crippen LogP contribution >= 0.6 is 22.9 Å². The van der Waals surface area contributed by atoms with Crippen molar-refractivity contribution in [2.45, 2.75) is 89.4 Å². The molecule has 6 aliphatic rings. The van der Waals surface area contributed by atoms with Gasteiger partial charge in [-0.15, -0.1) is 11.3 Å². The average Bonchev–Trinajstić information content (AvgIpc) is 3.67. The van der Waals surface area contributed by atoms with Crippen molar-refractivity contribution < 1.29 is 29.6 Å². The molecule has 6 aliphatic carbocycles. The number of carbonyl (C=O) groups excluding carboxylic acids is 1. The van der Waals surface area contributed by atoms with E-state index in [0.717, 1.165) is 38.5 Å². The number of thiophene rings is 1. The summed E-state index contributed by atoms with van der Waals surface area (Å²) in [6, 6.07) is 8.63. The van der Waals surface area contributed by atoms with Gasteiger partial charge in [-0.05, 0) is 92.2 Å². The molecule has 3 fully saturated rings. The smallest absolute Gasteiger partial charge is 0.164 e. The number of benzene rings is 1. The van der Waals surface area contributed by atoms with Crippen molar-refractivity contribution in [2.75, 3.05) is 26.2 Å². The van der Waals surface area contributed by atoms with Gasteiger partial charge in [-0.25, -0.2) is 4.39 Å². The number of rotatable bonds is 11. The van der Waals surface area contributed by atoms with Gasteiger partial charge in [-0.1, -0.05) is 55.8 Å². The zero-order valence-electron chi connectivity index (χ0n) is 28.0. The molecule has 2 spiro atoms. The van der Waals surface area contributed by atoms with Gasteiger partial charge in [0.05, 0.1) is 24.4 Å². The monoisotopic (exact) mass is 697 g/mol. The molecular formula is C39H49ClFNO5S. The SMILES string of the molecule is C[C@]12CC[C@H]3[C@]4(C=C[C@@]5(C=C4C(=O)Cc4c(F)cccc4Cl)CC(O)CC[C@]35C)[C@@H]1CC[C@@]2(O)CN(CCc1cccs1)C[C@H](O)CO. The minimum Gasteiger partial charge on any atom is -0.394 e. The molecule has 0 aliphatic heterocycles. The van der Waals surface area contributed by atoms with Crippen LogP contribution in [0.3, 0.4) is 0 Å². The van der Waals surface area contributed by atoms with E-state index < -0.39 is 39.9 Å². The maximum atomic E-state index is 15.1. The summed E-state index contributed by atoms with van der Waals surface area (Å²) in [5.74, 6) is -0.537. The van der Waals surface area contributed by atoms with Crippen LogP contribution in [0.1, 0.15) is 69.2 Å². The molecule has 1 aromatic heterocycles. The number of fused-ring (bicyclic) bond motifs is 1. The molecule has 1 unspecified atom stereocenters. The summed E-state index contributed by atoms with van der Waals surface area (Å²) in [5.41, 5.74) is -2.00. The standard InChI is InChI=1S/C39H49ClFNO5S/c1-35-12-8-25(44)20-37(35)15-16-39(29(21-37)32(46)19-28-30(40)6-3-7-31(28)41)33(35)9-13-36(2)34(39)10-14-38(36,47)24-42(22-26(45)23-43)17-11-27-5-4-18-48-27/h3-7,15-16,18,21,25-26,33-34,43-45,47H,8-14,17,19-20,22-24H2,1-2H3/t25?,26-,33+,34+,35+,36-,37-,38+,39+/m0/s1. The van der Waals surface area contributed by atoms with E-state index in [1.165, 1.54) is 10.9 Å². The van der Waals surface area contributed by atoms with E-state index in [0.29, 0.717) is 31.5 Å². The third-order valence-corrected chi connectivity index (χ3v) is 15.1. The first-order valence-corrected chi connectivity index (χ1v) is 18.9. The number of hydrogen-bond donors (Lipinski definition) is 4. The Kier molecular flexibility index (Phi) is 8.92. The topological polar surface area (TPSA) is 101 Å². The summed E-state index contributed by atoms with van der Waals surface area (Å²) in [6.07, 6.45) is 11.0. The Bertz CT molecular complexity index is 1590. The highest BCUT2D eigenvalue weighted by Crippen LogP contribution is 2.78. The fourth-order valence-corrected chi connectivity index (χ4v) is 12.2. The lowest BCUT2D eigenvalue weighted by Crippen LogP contribution is -2.67. The summed E-state index contributed by atoms with van der Waals surface area (Å²) in [5, 5.41) is 46.3. The number of halogens is 2. The molecule has 2 aromatic rings. The molecule has 6 nitrogen and oxygen atoms in total. The van der Waals surface area contributed by atoms with Crippen LogP contribution in [0.2, 0.25) is 5.02 Å². The number of hydrogen-bond acceptors (Lipinski definition) is 7. The van der Waals surface area contributed by atoms with Crippen LogP contribution in [-0.4, -0.2) is 75.2 Å². The van der Waals surface area contributed by atoms with Gasteiger partial charge in [0, 0.05) is 63.3 Å². The summed E-state index contributed by atoms with van der Waals surface area (Å²) >= 11 is 8.14. The number of nitrogens with zero attached hydrogens (tertiary/aromatic N) is 1. The van der Waals surface area contributed by atoms with E-state index in [4.69, 9.17) is 11.6 Å². The van der Waals surface area contributed by atoms with E-state index in [1.807, 2.05) is 11.4 Å². The van der Waals surface area contributed by atoms with Gasteiger partial charge in [0.15, 0.2) is 5.78 Å². The van der Waals surface area contributed by atoms with Gasteiger partial charge >= 0.3 is 0 Å². The van der Waals surface area contributed by atoms with Crippen LogP contribution in [0.25, 0.3) is 0 Å². The Hall–Kier alpha value is -1.91. The number of aliphatic hydroxyl groups is 4. The highest BCUT2D eigenvalue weighted by Gasteiger charge is 2.74. The number of allylic oxidation sites excluding steroid dienone is 4. The Morgan fingerprint density at radius 3 is 2.56 bits per heavy atom. The molecule has 2 bridgehead atoms. The number of ketones is 1. The Morgan fingerprint density at radius 2 is 1.83 bits per heavy atom. The van der Waals surface area contributed by atoms with Crippen molar-refractivity contribution >= 4 is 28.7 Å². The van der Waals surface area contributed by atoms with E-state index in [2.05, 4.69) is 43.0 Å². The maximum absolute atomic E-state index is 15.1. The quantitative estimate of drug-likeness (QED) is 0.211. The van der Waals surface area contributed by atoms with E-state index in [9.17, 15) is 25.2 Å². The number of carbonyl (C=O) groups is 1. The van der Waals surface area contributed by atoms with Crippen molar-refractivity contribution in [3.05, 3.63) is 80.8 Å². The molecule has 1 heterocycles. The molecule has 0 saturated heterocycles. The second kappa shape index (κ2) is 12.4. The Morgan fingerprint density at radius 1 is 1.08 bits per heavy atom. The van der Waals surface area contributed by atoms with E-state index >= 15 is 4.39 Å². The highest BCUT2D eigenvalue weighted by atomic mass is 35.5. The normalized spacial score (nSPS) is 38.8. The van der Waals surface area contributed by atoms with Crippen LogP contribution in [0.4, 0.5) is 4.39 Å². The van der Waals surface area contributed by atoms with Crippen LogP contribution in [0, 0.1) is 39.3 Å². The van der Waals surface area contributed by atoms with Crippen molar-refractivity contribution in [1.82, 2.24) is 4.90 Å². The third-order valence-electron chi connectivity index (χ3n) is 13.8. The molecule has 3 saturated carbocycles. The fourth-order valence-electron chi connectivity index (χ4n) is 11.3. The van der Waals surface area contributed by atoms with Gasteiger partial charge in [0.25, 0.3) is 0 Å². The molecule has 0 radical (unpaired) electrons. The predicted molar refractivity (Wildman–Crippen MR) is 186 cm³/mol. The Balaban J connectivity index is 1.27. The lowest BCUT2D eigenvalue weighted by Gasteiger charge is -2.71. The zero-order valence-corrected chi connectivity index (χ0v) is 29.6. The molecule has 260 valence electrons. The van der Waals surface area contributed by atoms with E-state index in [-0.39, 0.29) is 53.2 Å². The minimum absolute atomic E-state index is 0.0415. The molecule has 0 amide bonds. The predicted octanol–water partition coefficient (Wildman–Crippen LogP) is 6.14. The second-order valence-corrected chi connectivity index (χ2v) is 17.5. The van der Waals surface area contributed by atoms with Crippen LogP contribution in [-0.2, 0) is 17.6 Å². The maximum Gasteiger partial charge on any atom is 0.164 e. The van der Waals surface area contributed by atoms with Crippen molar-refractivity contribution in [3.8, 4) is 0 Å². The van der Waals surface area contributed by atoms with Gasteiger partial charge in [0.2, 0.25) is 0 Å². The number of aliphatic hydroxyl groups excluding tert-OH is 3. The molecule has 9 heteroatoms. The molecule has 1 aromatic carbocycles. The summed E-state index contributed by atoms with van der Waals surface area (Å²) in [4.78, 5) is 18.0.